The van der Waals surface area contributed by atoms with Crippen LogP contribution in [0.5, 0.6) is 5.88 Å². The highest BCUT2D eigenvalue weighted by Crippen LogP contribution is 2.28. The quantitative estimate of drug-likeness (QED) is 0.423. The SMILES string of the molecule is COc1nc(Nc2cc(N[C@@H]3CCOC[C@@H]3NC(=O)OC(C)(C)C)nnc2C(N)=O)ccc1C(C)C. The number of anilines is 3. The summed E-state index contributed by atoms with van der Waals surface area (Å²) in [4.78, 5) is 28.8. The van der Waals surface area contributed by atoms with Crippen molar-refractivity contribution in [3.8, 4) is 5.88 Å². The van der Waals surface area contributed by atoms with Crippen LogP contribution in [0.4, 0.5) is 22.1 Å². The number of rotatable bonds is 8. The van der Waals surface area contributed by atoms with Crippen LogP contribution in [0.25, 0.3) is 0 Å². The van der Waals surface area contributed by atoms with Gasteiger partial charge in [0.15, 0.2) is 11.5 Å². The molecule has 0 saturated carbocycles. The molecule has 2 atom stereocenters. The van der Waals surface area contributed by atoms with E-state index >= 15 is 0 Å². The smallest absolute Gasteiger partial charge is 0.408 e. The van der Waals surface area contributed by atoms with Crippen LogP contribution >= 0.6 is 0 Å². The number of primary amides is 1. The summed E-state index contributed by atoms with van der Waals surface area (Å²) >= 11 is 0. The molecule has 0 bridgehead atoms. The fourth-order valence-electron chi connectivity index (χ4n) is 3.70. The first-order chi connectivity index (χ1) is 17.0. The summed E-state index contributed by atoms with van der Waals surface area (Å²) in [5.41, 5.74) is 6.15. The second kappa shape index (κ2) is 11.4. The zero-order chi connectivity index (χ0) is 26.5. The van der Waals surface area contributed by atoms with Crippen LogP contribution in [0.1, 0.15) is 63.0 Å². The molecule has 5 N–H and O–H groups in total. The van der Waals surface area contributed by atoms with E-state index in [-0.39, 0.29) is 23.7 Å². The van der Waals surface area contributed by atoms with Crippen molar-refractivity contribution in [3.63, 3.8) is 0 Å². The lowest BCUT2D eigenvalue weighted by atomic mass is 10.0. The van der Waals surface area contributed by atoms with Crippen LogP contribution in [0.15, 0.2) is 18.2 Å². The number of carbonyl (C=O) groups excluding carboxylic acids is 2. The number of hydrogen-bond donors (Lipinski definition) is 4. The molecule has 2 amide bonds. The van der Waals surface area contributed by atoms with Gasteiger partial charge >= 0.3 is 6.09 Å². The van der Waals surface area contributed by atoms with Gasteiger partial charge in [0.25, 0.3) is 5.91 Å². The first kappa shape index (κ1) is 26.9. The van der Waals surface area contributed by atoms with Gasteiger partial charge < -0.3 is 35.9 Å². The third-order valence-corrected chi connectivity index (χ3v) is 5.39. The Morgan fingerprint density at radius 2 is 1.92 bits per heavy atom. The summed E-state index contributed by atoms with van der Waals surface area (Å²) in [5.74, 6) is 0.805. The zero-order valence-electron chi connectivity index (χ0n) is 21.5. The topological polar surface area (TPSA) is 163 Å². The molecule has 3 heterocycles. The number of nitrogens with two attached hydrogens (primary N) is 1. The number of alkyl carbamates (subject to hydrolysis) is 1. The molecule has 12 heteroatoms. The van der Waals surface area contributed by atoms with E-state index in [1.165, 1.54) is 0 Å². The predicted octanol–water partition coefficient (Wildman–Crippen LogP) is 2.94. The zero-order valence-corrected chi connectivity index (χ0v) is 21.5. The Morgan fingerprint density at radius 1 is 1.17 bits per heavy atom. The first-order valence-electron chi connectivity index (χ1n) is 11.8. The van der Waals surface area contributed by atoms with Gasteiger partial charge in [0.1, 0.15) is 11.4 Å². The van der Waals surface area contributed by atoms with Gasteiger partial charge in [-0.25, -0.2) is 4.79 Å². The molecule has 1 saturated heterocycles. The van der Waals surface area contributed by atoms with Gasteiger partial charge in [-0.1, -0.05) is 13.8 Å². The van der Waals surface area contributed by atoms with Crippen molar-refractivity contribution >= 4 is 29.3 Å². The number of pyridine rings is 1. The maximum absolute atomic E-state index is 12.3. The van der Waals surface area contributed by atoms with E-state index in [2.05, 4.69) is 31.1 Å². The van der Waals surface area contributed by atoms with E-state index in [9.17, 15) is 9.59 Å². The van der Waals surface area contributed by atoms with Gasteiger partial charge in [-0.3, -0.25) is 4.79 Å². The van der Waals surface area contributed by atoms with Gasteiger partial charge in [-0.15, -0.1) is 10.2 Å². The lowest BCUT2D eigenvalue weighted by molar-refractivity contribution is 0.0317. The van der Waals surface area contributed by atoms with E-state index in [1.807, 2.05) is 19.9 Å². The van der Waals surface area contributed by atoms with Crippen LogP contribution in [-0.4, -0.2) is 65.2 Å². The molecule has 36 heavy (non-hydrogen) atoms. The van der Waals surface area contributed by atoms with E-state index in [4.69, 9.17) is 19.9 Å². The van der Waals surface area contributed by atoms with Gasteiger partial charge in [0, 0.05) is 18.2 Å². The molecule has 0 unspecified atom stereocenters. The fourth-order valence-corrected chi connectivity index (χ4v) is 3.70. The molecule has 12 nitrogen and oxygen atoms in total. The minimum absolute atomic E-state index is 0.0374. The lowest BCUT2D eigenvalue weighted by Gasteiger charge is -2.33. The minimum Gasteiger partial charge on any atom is -0.481 e. The van der Waals surface area contributed by atoms with Gasteiger partial charge in [0.2, 0.25) is 5.88 Å². The summed E-state index contributed by atoms with van der Waals surface area (Å²) in [6.45, 7) is 10.3. The molecule has 1 aliphatic rings. The number of ether oxygens (including phenoxy) is 3. The molecule has 0 radical (unpaired) electrons. The number of methoxy groups -OCH3 is 1. The van der Waals surface area contributed by atoms with Crippen LogP contribution in [0.2, 0.25) is 0 Å². The fraction of sp³-hybridized carbons (Fsp3) is 0.542. The number of carbonyl (C=O) groups is 2. The minimum atomic E-state index is -0.738. The van der Waals surface area contributed by atoms with Crippen molar-refractivity contribution in [1.82, 2.24) is 20.5 Å². The number of amides is 2. The standard InChI is InChI=1S/C24H35N7O5/c1-13(2)14-7-8-18(29-22(14)34-6)27-16-11-19(30-31-20(16)21(25)32)26-15-9-10-35-12-17(15)28-23(33)36-24(3,4)5/h7-8,11,13,15,17H,9-10,12H2,1-6H3,(H2,25,32)(H,28,33)(H2,26,27,29,30)/t15-,17+/m1/s1. The molecule has 0 aliphatic carbocycles. The van der Waals surface area contributed by atoms with Gasteiger partial charge in [-0.05, 0) is 45.2 Å². The molecular formula is C24H35N7O5. The first-order valence-corrected chi connectivity index (χ1v) is 11.8. The molecule has 1 fully saturated rings. The van der Waals surface area contributed by atoms with Crippen LogP contribution in [0.3, 0.4) is 0 Å². The van der Waals surface area contributed by atoms with Crippen molar-refractivity contribution < 1.29 is 23.8 Å². The largest absolute Gasteiger partial charge is 0.481 e. The average Bonchev–Trinajstić information content (AvgIpc) is 2.79. The highest BCUT2D eigenvalue weighted by molar-refractivity contribution is 5.97. The van der Waals surface area contributed by atoms with Crippen molar-refractivity contribution in [2.24, 2.45) is 5.73 Å². The molecular weight excluding hydrogens is 466 g/mol. The molecule has 2 aromatic rings. The highest BCUT2D eigenvalue weighted by atomic mass is 16.6. The van der Waals surface area contributed by atoms with E-state index < -0.39 is 17.6 Å². The number of nitrogens with zero attached hydrogens (tertiary/aromatic N) is 3. The van der Waals surface area contributed by atoms with Crippen molar-refractivity contribution in [2.75, 3.05) is 31.0 Å². The molecule has 1 aliphatic heterocycles. The molecule has 2 aromatic heterocycles. The Balaban J connectivity index is 1.81. The molecule has 0 aromatic carbocycles. The maximum atomic E-state index is 12.3. The van der Waals surface area contributed by atoms with Crippen LogP contribution in [0, 0.1) is 0 Å². The summed E-state index contributed by atoms with van der Waals surface area (Å²) in [7, 11) is 1.55. The monoisotopic (exact) mass is 501 g/mol. The second-order valence-electron chi connectivity index (χ2n) is 9.80. The van der Waals surface area contributed by atoms with E-state index in [0.717, 1.165) is 5.56 Å². The summed E-state index contributed by atoms with van der Waals surface area (Å²) < 4.78 is 16.3. The Bertz CT molecular complexity index is 1090. The molecule has 196 valence electrons. The van der Waals surface area contributed by atoms with Gasteiger partial charge in [0.05, 0.1) is 31.5 Å². The highest BCUT2D eigenvalue weighted by Gasteiger charge is 2.30. The van der Waals surface area contributed by atoms with Crippen LogP contribution in [-0.2, 0) is 9.47 Å². The Labute approximate surface area is 210 Å². The predicted molar refractivity (Wildman–Crippen MR) is 135 cm³/mol. The van der Waals surface area contributed by atoms with E-state index in [1.54, 1.807) is 40.0 Å². The Hall–Kier alpha value is -3.67. The average molecular weight is 502 g/mol. The van der Waals surface area contributed by atoms with Crippen molar-refractivity contribution in [2.45, 2.75) is 64.6 Å². The number of aromatic nitrogens is 3. The molecule has 3 rings (SSSR count). The summed E-state index contributed by atoms with van der Waals surface area (Å²) in [6, 6.07) is 4.74. The lowest BCUT2D eigenvalue weighted by Crippen LogP contribution is -2.53. The Kier molecular flexibility index (Phi) is 8.51. The summed E-state index contributed by atoms with van der Waals surface area (Å²) in [5, 5.41) is 17.3. The normalized spacial score (nSPS) is 17.9. The number of nitrogens with one attached hydrogen (secondary N) is 3. The van der Waals surface area contributed by atoms with E-state index in [0.29, 0.717) is 42.8 Å². The third kappa shape index (κ3) is 7.17. The maximum Gasteiger partial charge on any atom is 0.408 e. The Morgan fingerprint density at radius 3 is 2.56 bits per heavy atom. The van der Waals surface area contributed by atoms with Crippen molar-refractivity contribution in [3.05, 3.63) is 29.5 Å². The van der Waals surface area contributed by atoms with Crippen molar-refractivity contribution in [1.29, 1.82) is 0 Å². The number of hydrogen-bond acceptors (Lipinski definition) is 10. The second-order valence-corrected chi connectivity index (χ2v) is 9.80. The molecule has 0 spiro atoms. The third-order valence-electron chi connectivity index (χ3n) is 5.39. The summed E-state index contributed by atoms with van der Waals surface area (Å²) in [6.07, 6.45) is 0.0740. The van der Waals surface area contributed by atoms with Crippen LogP contribution < -0.4 is 26.4 Å². The van der Waals surface area contributed by atoms with Gasteiger partial charge in [-0.2, -0.15) is 4.98 Å².